The number of nitrogens with one attached hydrogen (secondary N) is 2. The monoisotopic (exact) mass is 284 g/mol. The first-order chi connectivity index (χ1) is 9.46. The minimum Gasteiger partial charge on any atom is -0.385 e. The SMILES string of the molecule is CCCC1(C(=O)NCC(C)(C)CCOC)CCNCC1. The van der Waals surface area contributed by atoms with Crippen LogP contribution in [0.5, 0.6) is 0 Å². The van der Waals surface area contributed by atoms with Gasteiger partial charge in [0.25, 0.3) is 0 Å². The zero-order valence-corrected chi connectivity index (χ0v) is 13.7. The van der Waals surface area contributed by atoms with E-state index in [9.17, 15) is 4.79 Å². The van der Waals surface area contributed by atoms with Gasteiger partial charge in [-0.1, -0.05) is 27.2 Å². The number of amides is 1. The van der Waals surface area contributed by atoms with Gasteiger partial charge in [0, 0.05) is 20.3 Å². The number of hydrogen-bond acceptors (Lipinski definition) is 3. The molecule has 1 saturated heterocycles. The predicted octanol–water partition coefficient (Wildman–Crippen LogP) is 2.34. The van der Waals surface area contributed by atoms with Gasteiger partial charge in [-0.05, 0) is 44.2 Å². The maximum atomic E-state index is 12.7. The fraction of sp³-hybridized carbons (Fsp3) is 0.938. The summed E-state index contributed by atoms with van der Waals surface area (Å²) in [5.41, 5.74) is -0.0523. The lowest BCUT2D eigenvalue weighted by Gasteiger charge is -2.37. The van der Waals surface area contributed by atoms with Gasteiger partial charge in [-0.15, -0.1) is 0 Å². The number of ether oxygens (including phenoxy) is 1. The second-order valence-electron chi connectivity index (χ2n) is 6.87. The summed E-state index contributed by atoms with van der Waals surface area (Å²) >= 11 is 0. The summed E-state index contributed by atoms with van der Waals surface area (Å²) in [6, 6.07) is 0. The Morgan fingerprint density at radius 2 is 2.00 bits per heavy atom. The van der Waals surface area contributed by atoms with Gasteiger partial charge in [0.1, 0.15) is 0 Å². The lowest BCUT2D eigenvalue weighted by Crippen LogP contribution is -2.49. The van der Waals surface area contributed by atoms with Crippen LogP contribution in [-0.4, -0.2) is 39.3 Å². The Kier molecular flexibility index (Phi) is 6.96. The van der Waals surface area contributed by atoms with Crippen LogP contribution in [0.4, 0.5) is 0 Å². The third kappa shape index (κ3) is 5.06. The minimum atomic E-state index is -0.142. The van der Waals surface area contributed by atoms with Gasteiger partial charge in [-0.25, -0.2) is 0 Å². The maximum absolute atomic E-state index is 12.7. The molecule has 0 bridgehead atoms. The first-order valence-corrected chi connectivity index (χ1v) is 7.94. The third-order valence-electron chi connectivity index (χ3n) is 4.48. The van der Waals surface area contributed by atoms with E-state index in [2.05, 4.69) is 31.4 Å². The molecule has 1 aliphatic rings. The summed E-state index contributed by atoms with van der Waals surface area (Å²) in [5, 5.41) is 6.56. The Bertz CT molecular complexity index is 291. The molecule has 0 unspecified atom stereocenters. The van der Waals surface area contributed by atoms with Gasteiger partial charge in [-0.3, -0.25) is 4.79 Å². The smallest absolute Gasteiger partial charge is 0.226 e. The highest BCUT2D eigenvalue weighted by Gasteiger charge is 2.38. The van der Waals surface area contributed by atoms with Crippen LogP contribution in [-0.2, 0) is 9.53 Å². The molecule has 0 aromatic carbocycles. The van der Waals surface area contributed by atoms with Gasteiger partial charge < -0.3 is 15.4 Å². The molecule has 0 radical (unpaired) electrons. The molecule has 0 saturated carbocycles. The molecule has 1 heterocycles. The van der Waals surface area contributed by atoms with Crippen molar-refractivity contribution in [3.05, 3.63) is 0 Å². The molecule has 1 rings (SSSR count). The van der Waals surface area contributed by atoms with E-state index in [-0.39, 0.29) is 16.7 Å². The van der Waals surface area contributed by atoms with Crippen molar-refractivity contribution in [2.24, 2.45) is 10.8 Å². The summed E-state index contributed by atoms with van der Waals surface area (Å²) in [4.78, 5) is 12.7. The Labute approximate surface area is 124 Å². The molecule has 0 atom stereocenters. The van der Waals surface area contributed by atoms with E-state index >= 15 is 0 Å². The fourth-order valence-electron chi connectivity index (χ4n) is 2.95. The van der Waals surface area contributed by atoms with Gasteiger partial charge in [0.2, 0.25) is 5.91 Å². The number of rotatable bonds is 8. The third-order valence-corrected chi connectivity index (χ3v) is 4.48. The van der Waals surface area contributed by atoms with Crippen LogP contribution in [0.25, 0.3) is 0 Å². The summed E-state index contributed by atoms with van der Waals surface area (Å²) in [5.74, 6) is 0.256. The Balaban J connectivity index is 2.54. The van der Waals surface area contributed by atoms with E-state index in [1.165, 1.54) is 0 Å². The average Bonchev–Trinajstić information content (AvgIpc) is 2.44. The summed E-state index contributed by atoms with van der Waals surface area (Å²) in [6.07, 6.45) is 4.96. The van der Waals surface area contributed by atoms with E-state index in [1.807, 2.05) is 0 Å². The molecule has 0 aliphatic carbocycles. The van der Waals surface area contributed by atoms with Gasteiger partial charge >= 0.3 is 0 Å². The van der Waals surface area contributed by atoms with E-state index < -0.39 is 0 Å². The minimum absolute atomic E-state index is 0.0893. The van der Waals surface area contributed by atoms with Crippen LogP contribution < -0.4 is 10.6 Å². The van der Waals surface area contributed by atoms with Crippen LogP contribution in [0.15, 0.2) is 0 Å². The molecule has 20 heavy (non-hydrogen) atoms. The molecule has 0 aromatic heterocycles. The van der Waals surface area contributed by atoms with Crippen LogP contribution in [0.3, 0.4) is 0 Å². The maximum Gasteiger partial charge on any atom is 0.226 e. The van der Waals surface area contributed by atoms with Crippen LogP contribution in [0.1, 0.15) is 52.9 Å². The molecule has 1 fully saturated rings. The average molecular weight is 284 g/mol. The molecule has 118 valence electrons. The van der Waals surface area contributed by atoms with Crippen molar-refractivity contribution in [2.45, 2.75) is 52.9 Å². The van der Waals surface area contributed by atoms with Crippen molar-refractivity contribution in [2.75, 3.05) is 33.4 Å². The highest BCUT2D eigenvalue weighted by molar-refractivity contribution is 5.82. The number of methoxy groups -OCH3 is 1. The number of piperidine rings is 1. The van der Waals surface area contributed by atoms with Crippen LogP contribution >= 0.6 is 0 Å². The van der Waals surface area contributed by atoms with Gasteiger partial charge in [0.05, 0.1) is 5.41 Å². The van der Waals surface area contributed by atoms with Crippen molar-refractivity contribution in [3.8, 4) is 0 Å². The van der Waals surface area contributed by atoms with E-state index in [0.29, 0.717) is 0 Å². The molecule has 0 spiro atoms. The summed E-state index contributed by atoms with van der Waals surface area (Å²) < 4.78 is 5.14. The molecule has 0 aromatic rings. The largest absolute Gasteiger partial charge is 0.385 e. The van der Waals surface area contributed by atoms with Crippen LogP contribution in [0.2, 0.25) is 0 Å². The zero-order chi connectivity index (χ0) is 15.1. The lowest BCUT2D eigenvalue weighted by atomic mass is 9.74. The number of carbonyl (C=O) groups is 1. The second kappa shape index (κ2) is 7.99. The second-order valence-corrected chi connectivity index (χ2v) is 6.87. The molecule has 1 aliphatic heterocycles. The summed E-state index contributed by atoms with van der Waals surface area (Å²) in [7, 11) is 1.72. The van der Waals surface area contributed by atoms with Crippen molar-refractivity contribution < 1.29 is 9.53 Å². The van der Waals surface area contributed by atoms with Crippen molar-refractivity contribution >= 4 is 5.91 Å². The van der Waals surface area contributed by atoms with Crippen molar-refractivity contribution in [1.29, 1.82) is 0 Å². The first-order valence-electron chi connectivity index (χ1n) is 7.94. The molecule has 2 N–H and O–H groups in total. The van der Waals surface area contributed by atoms with Crippen molar-refractivity contribution in [3.63, 3.8) is 0 Å². The first kappa shape index (κ1) is 17.4. The fourth-order valence-corrected chi connectivity index (χ4v) is 2.95. The highest BCUT2D eigenvalue weighted by Crippen LogP contribution is 2.34. The van der Waals surface area contributed by atoms with E-state index in [4.69, 9.17) is 4.74 Å². The molecular formula is C16H32N2O2. The number of carbonyl (C=O) groups excluding carboxylic acids is 1. The van der Waals surface area contributed by atoms with E-state index in [1.54, 1.807) is 7.11 Å². The normalized spacial score (nSPS) is 18.8. The zero-order valence-electron chi connectivity index (χ0n) is 13.7. The number of hydrogen-bond donors (Lipinski definition) is 2. The molecule has 1 amide bonds. The van der Waals surface area contributed by atoms with Crippen LogP contribution in [0, 0.1) is 10.8 Å². The van der Waals surface area contributed by atoms with E-state index in [0.717, 1.165) is 58.3 Å². The Morgan fingerprint density at radius 3 is 2.55 bits per heavy atom. The van der Waals surface area contributed by atoms with Gasteiger partial charge in [-0.2, -0.15) is 0 Å². The quantitative estimate of drug-likeness (QED) is 0.719. The van der Waals surface area contributed by atoms with Crippen molar-refractivity contribution in [1.82, 2.24) is 10.6 Å². The Morgan fingerprint density at radius 1 is 1.35 bits per heavy atom. The lowest BCUT2D eigenvalue weighted by molar-refractivity contribution is -0.133. The standard InChI is InChI=1S/C16H32N2O2/c1-5-6-16(7-10-17-11-8-16)14(19)18-13-15(2,3)9-12-20-4/h17H,5-13H2,1-4H3,(H,18,19). The topological polar surface area (TPSA) is 50.4 Å². The molecular weight excluding hydrogens is 252 g/mol. The Hall–Kier alpha value is -0.610. The molecule has 4 nitrogen and oxygen atoms in total. The summed E-state index contributed by atoms with van der Waals surface area (Å²) in [6.45, 7) is 9.92. The highest BCUT2D eigenvalue weighted by atomic mass is 16.5. The predicted molar refractivity (Wildman–Crippen MR) is 82.7 cm³/mol. The van der Waals surface area contributed by atoms with Gasteiger partial charge in [0.15, 0.2) is 0 Å². The molecule has 4 heteroatoms.